The molecule has 0 unspecified atom stereocenters. The zero-order valence-corrected chi connectivity index (χ0v) is 15.3. The SMILES string of the molecule is COc1ccc(NC(=O)NCCc2ccc(S(N)(=O)=O)cc2)c(OC)c1. The first-order valence-electron chi connectivity index (χ1n) is 7.72. The fraction of sp³-hybridized carbons (Fsp3) is 0.235. The van der Waals surface area contributed by atoms with E-state index in [4.69, 9.17) is 14.6 Å². The Morgan fingerprint density at radius 2 is 1.77 bits per heavy atom. The van der Waals surface area contributed by atoms with E-state index in [0.717, 1.165) is 5.56 Å². The van der Waals surface area contributed by atoms with Gasteiger partial charge in [0.05, 0.1) is 24.8 Å². The summed E-state index contributed by atoms with van der Waals surface area (Å²) in [7, 11) is -0.652. The molecule has 0 aliphatic heterocycles. The van der Waals surface area contributed by atoms with Crippen molar-refractivity contribution in [2.45, 2.75) is 11.3 Å². The zero-order chi connectivity index (χ0) is 19.2. The molecule has 0 radical (unpaired) electrons. The molecule has 0 bridgehead atoms. The first kappa shape index (κ1) is 19.5. The number of anilines is 1. The van der Waals surface area contributed by atoms with Crippen LogP contribution < -0.4 is 25.2 Å². The van der Waals surface area contributed by atoms with Crippen molar-refractivity contribution in [1.82, 2.24) is 5.32 Å². The summed E-state index contributed by atoms with van der Waals surface area (Å²) in [5, 5.41) is 10.5. The predicted octanol–water partition coefficient (Wildman–Crippen LogP) is 1.72. The van der Waals surface area contributed by atoms with Crippen LogP contribution in [0.25, 0.3) is 0 Å². The van der Waals surface area contributed by atoms with Gasteiger partial charge in [-0.25, -0.2) is 18.4 Å². The van der Waals surface area contributed by atoms with Crippen molar-refractivity contribution in [3.05, 3.63) is 48.0 Å². The minimum absolute atomic E-state index is 0.0542. The third-order valence-electron chi connectivity index (χ3n) is 3.61. The Labute approximate surface area is 152 Å². The lowest BCUT2D eigenvalue weighted by molar-refractivity contribution is 0.252. The average Bonchev–Trinajstić information content (AvgIpc) is 2.61. The number of urea groups is 1. The van der Waals surface area contributed by atoms with E-state index in [2.05, 4.69) is 10.6 Å². The minimum atomic E-state index is -3.70. The highest BCUT2D eigenvalue weighted by molar-refractivity contribution is 7.89. The fourth-order valence-corrected chi connectivity index (χ4v) is 2.75. The molecule has 2 aromatic carbocycles. The molecule has 0 atom stereocenters. The molecule has 2 rings (SSSR count). The van der Waals surface area contributed by atoms with Gasteiger partial charge in [-0.2, -0.15) is 0 Å². The summed E-state index contributed by atoms with van der Waals surface area (Å²) < 4.78 is 32.7. The topological polar surface area (TPSA) is 120 Å². The number of methoxy groups -OCH3 is 2. The second-order valence-electron chi connectivity index (χ2n) is 5.39. The van der Waals surface area contributed by atoms with Crippen molar-refractivity contribution in [2.24, 2.45) is 5.14 Å². The largest absolute Gasteiger partial charge is 0.497 e. The summed E-state index contributed by atoms with van der Waals surface area (Å²) >= 11 is 0. The number of hydrogen-bond donors (Lipinski definition) is 3. The van der Waals surface area contributed by atoms with Crippen LogP contribution in [0.4, 0.5) is 10.5 Å². The predicted molar refractivity (Wildman–Crippen MR) is 98.1 cm³/mol. The monoisotopic (exact) mass is 379 g/mol. The molecule has 0 heterocycles. The summed E-state index contributed by atoms with van der Waals surface area (Å²) in [6.45, 7) is 0.374. The Hall–Kier alpha value is -2.78. The Kier molecular flexibility index (Phi) is 6.42. The lowest BCUT2D eigenvalue weighted by atomic mass is 10.1. The molecular weight excluding hydrogens is 358 g/mol. The fourth-order valence-electron chi connectivity index (χ4n) is 2.23. The van der Waals surface area contributed by atoms with Gasteiger partial charge in [0.1, 0.15) is 11.5 Å². The Bertz CT molecular complexity index is 866. The molecule has 0 aliphatic carbocycles. The van der Waals surface area contributed by atoms with E-state index in [1.165, 1.54) is 19.2 Å². The van der Waals surface area contributed by atoms with Crippen LogP contribution in [-0.4, -0.2) is 35.2 Å². The molecule has 0 spiro atoms. The molecule has 140 valence electrons. The molecule has 0 saturated heterocycles. The summed E-state index contributed by atoms with van der Waals surface area (Å²) in [5.74, 6) is 1.11. The molecule has 26 heavy (non-hydrogen) atoms. The highest BCUT2D eigenvalue weighted by atomic mass is 32.2. The molecule has 8 nitrogen and oxygen atoms in total. The number of carbonyl (C=O) groups excluding carboxylic acids is 1. The number of amides is 2. The Balaban J connectivity index is 1.87. The summed E-state index contributed by atoms with van der Waals surface area (Å²) in [4.78, 5) is 12.1. The highest BCUT2D eigenvalue weighted by Gasteiger charge is 2.09. The van der Waals surface area contributed by atoms with Crippen LogP contribution >= 0.6 is 0 Å². The smallest absolute Gasteiger partial charge is 0.319 e. The number of benzene rings is 2. The first-order chi connectivity index (χ1) is 12.3. The average molecular weight is 379 g/mol. The van der Waals surface area contributed by atoms with Gasteiger partial charge in [0, 0.05) is 12.6 Å². The number of sulfonamides is 1. The number of hydrogen-bond acceptors (Lipinski definition) is 5. The van der Waals surface area contributed by atoms with Gasteiger partial charge in [-0.15, -0.1) is 0 Å². The lowest BCUT2D eigenvalue weighted by Gasteiger charge is -2.12. The van der Waals surface area contributed by atoms with E-state index in [9.17, 15) is 13.2 Å². The second kappa shape index (κ2) is 8.54. The third kappa shape index (κ3) is 5.36. The Morgan fingerprint density at radius 3 is 2.35 bits per heavy atom. The van der Waals surface area contributed by atoms with Crippen LogP contribution in [0.1, 0.15) is 5.56 Å². The van der Waals surface area contributed by atoms with E-state index < -0.39 is 10.0 Å². The van der Waals surface area contributed by atoms with Crippen LogP contribution in [0, 0.1) is 0 Å². The van der Waals surface area contributed by atoms with Crippen molar-refractivity contribution >= 4 is 21.7 Å². The van der Waals surface area contributed by atoms with Crippen molar-refractivity contribution in [1.29, 1.82) is 0 Å². The molecule has 2 amide bonds. The third-order valence-corrected chi connectivity index (χ3v) is 4.54. The van der Waals surface area contributed by atoms with Crippen molar-refractivity contribution < 1.29 is 22.7 Å². The van der Waals surface area contributed by atoms with Crippen LogP contribution in [0.3, 0.4) is 0 Å². The molecule has 0 aromatic heterocycles. The van der Waals surface area contributed by atoms with Crippen molar-refractivity contribution in [3.8, 4) is 11.5 Å². The van der Waals surface area contributed by atoms with Crippen LogP contribution in [0.2, 0.25) is 0 Å². The number of primary sulfonamides is 1. The zero-order valence-electron chi connectivity index (χ0n) is 14.5. The van der Waals surface area contributed by atoms with E-state index in [0.29, 0.717) is 30.2 Å². The van der Waals surface area contributed by atoms with Gasteiger partial charge in [-0.05, 0) is 36.2 Å². The van der Waals surface area contributed by atoms with Gasteiger partial charge < -0.3 is 20.1 Å². The maximum absolute atomic E-state index is 12.0. The number of nitrogens with one attached hydrogen (secondary N) is 2. The van der Waals surface area contributed by atoms with Crippen molar-refractivity contribution in [3.63, 3.8) is 0 Å². The normalized spacial score (nSPS) is 10.9. The number of ether oxygens (including phenoxy) is 2. The van der Waals surface area contributed by atoms with Gasteiger partial charge in [-0.1, -0.05) is 12.1 Å². The Morgan fingerprint density at radius 1 is 1.08 bits per heavy atom. The van der Waals surface area contributed by atoms with Gasteiger partial charge in [0.25, 0.3) is 0 Å². The minimum Gasteiger partial charge on any atom is -0.497 e. The van der Waals surface area contributed by atoms with E-state index in [-0.39, 0.29) is 10.9 Å². The first-order valence-corrected chi connectivity index (χ1v) is 9.26. The van der Waals surface area contributed by atoms with E-state index in [1.54, 1.807) is 37.4 Å². The lowest BCUT2D eigenvalue weighted by Crippen LogP contribution is -2.30. The van der Waals surface area contributed by atoms with Crippen LogP contribution in [-0.2, 0) is 16.4 Å². The second-order valence-corrected chi connectivity index (χ2v) is 6.95. The van der Waals surface area contributed by atoms with Gasteiger partial charge in [-0.3, -0.25) is 0 Å². The quantitative estimate of drug-likeness (QED) is 0.676. The molecule has 0 aliphatic rings. The molecule has 9 heteroatoms. The maximum atomic E-state index is 12.0. The number of nitrogens with two attached hydrogens (primary N) is 1. The molecule has 0 saturated carbocycles. The van der Waals surface area contributed by atoms with Gasteiger partial charge in [0.2, 0.25) is 10.0 Å². The van der Waals surface area contributed by atoms with Gasteiger partial charge >= 0.3 is 6.03 Å². The van der Waals surface area contributed by atoms with E-state index >= 15 is 0 Å². The summed E-state index contributed by atoms with van der Waals surface area (Å²) in [6, 6.07) is 10.9. The number of rotatable bonds is 7. The molecule has 0 fully saturated rings. The van der Waals surface area contributed by atoms with Gasteiger partial charge in [0.15, 0.2) is 0 Å². The standard InChI is InChI=1S/C17H21N3O5S/c1-24-13-5-8-15(16(11-13)25-2)20-17(21)19-10-9-12-3-6-14(7-4-12)26(18,22)23/h3-8,11H,9-10H2,1-2H3,(H2,18,22,23)(H2,19,20,21). The molecule has 4 N–H and O–H groups in total. The summed E-state index contributed by atoms with van der Waals surface area (Å²) in [5.41, 5.74) is 1.39. The van der Waals surface area contributed by atoms with Crippen LogP contribution in [0.5, 0.6) is 11.5 Å². The van der Waals surface area contributed by atoms with Crippen molar-refractivity contribution in [2.75, 3.05) is 26.1 Å². The maximum Gasteiger partial charge on any atom is 0.319 e. The van der Waals surface area contributed by atoms with Crippen LogP contribution in [0.15, 0.2) is 47.4 Å². The number of carbonyl (C=O) groups is 1. The molecular formula is C17H21N3O5S. The summed E-state index contributed by atoms with van der Waals surface area (Å²) in [6.07, 6.45) is 0.540. The van der Waals surface area contributed by atoms with E-state index in [1.807, 2.05) is 0 Å². The molecule has 2 aromatic rings. The highest BCUT2D eigenvalue weighted by Crippen LogP contribution is 2.28.